The van der Waals surface area contributed by atoms with Crippen LogP contribution in [0.5, 0.6) is 0 Å². The summed E-state index contributed by atoms with van der Waals surface area (Å²) >= 11 is 0. The van der Waals surface area contributed by atoms with Crippen LogP contribution in [0.25, 0.3) is 10.8 Å². The lowest BCUT2D eigenvalue weighted by Gasteiger charge is -2.23. The third-order valence-corrected chi connectivity index (χ3v) is 4.10. The van der Waals surface area contributed by atoms with Crippen LogP contribution in [0, 0.1) is 24.5 Å². The Labute approximate surface area is 106 Å². The molecule has 94 valence electrons. The largest absolute Gasteiger partial charge is 0.207 e. The highest BCUT2D eigenvalue weighted by Crippen LogP contribution is 2.33. The summed E-state index contributed by atoms with van der Waals surface area (Å²) in [6.45, 7) is 3.72. The number of halogens is 2. The fraction of sp³-hybridized carbons (Fsp3) is 0.375. The van der Waals surface area contributed by atoms with E-state index in [-0.39, 0.29) is 5.56 Å². The van der Waals surface area contributed by atoms with Gasteiger partial charge in [-0.1, -0.05) is 19.1 Å². The second kappa shape index (κ2) is 4.04. The third-order valence-electron chi connectivity index (χ3n) is 4.10. The maximum absolute atomic E-state index is 14.1. The van der Waals surface area contributed by atoms with E-state index in [0.717, 1.165) is 30.2 Å². The molecule has 0 nitrogen and oxygen atoms in total. The molecule has 0 amide bonds. The van der Waals surface area contributed by atoms with Crippen molar-refractivity contribution in [3.8, 4) is 0 Å². The van der Waals surface area contributed by atoms with Crippen molar-refractivity contribution < 1.29 is 8.78 Å². The lowest BCUT2D eigenvalue weighted by Crippen LogP contribution is -2.12. The van der Waals surface area contributed by atoms with Gasteiger partial charge < -0.3 is 0 Å². The van der Waals surface area contributed by atoms with Gasteiger partial charge in [-0.15, -0.1) is 0 Å². The van der Waals surface area contributed by atoms with Crippen molar-refractivity contribution in [2.24, 2.45) is 5.92 Å². The Morgan fingerprint density at radius 1 is 1.17 bits per heavy atom. The van der Waals surface area contributed by atoms with Gasteiger partial charge >= 0.3 is 0 Å². The number of benzene rings is 2. The molecule has 0 N–H and O–H groups in total. The van der Waals surface area contributed by atoms with Crippen LogP contribution in [0.4, 0.5) is 8.78 Å². The number of rotatable bonds is 0. The first-order chi connectivity index (χ1) is 8.58. The molecule has 0 bridgehead atoms. The van der Waals surface area contributed by atoms with E-state index < -0.39 is 11.6 Å². The number of hydrogen-bond donors (Lipinski definition) is 0. The fourth-order valence-electron chi connectivity index (χ4n) is 2.96. The zero-order valence-corrected chi connectivity index (χ0v) is 10.7. The molecule has 18 heavy (non-hydrogen) atoms. The highest BCUT2D eigenvalue weighted by Gasteiger charge is 2.19. The average molecular weight is 246 g/mol. The first-order valence-corrected chi connectivity index (χ1v) is 6.47. The Morgan fingerprint density at radius 3 is 2.72 bits per heavy atom. The van der Waals surface area contributed by atoms with Crippen molar-refractivity contribution in [2.45, 2.75) is 33.1 Å². The lowest BCUT2D eigenvalue weighted by atomic mass is 9.82. The summed E-state index contributed by atoms with van der Waals surface area (Å²) in [6, 6.07) is 5.31. The van der Waals surface area contributed by atoms with E-state index in [1.54, 1.807) is 6.07 Å². The molecule has 2 heteroatoms. The maximum atomic E-state index is 14.1. The van der Waals surface area contributed by atoms with Crippen LogP contribution < -0.4 is 0 Å². The molecule has 0 fully saturated rings. The van der Waals surface area contributed by atoms with Crippen LogP contribution in [-0.4, -0.2) is 0 Å². The van der Waals surface area contributed by atoms with Gasteiger partial charge in [-0.05, 0) is 54.7 Å². The van der Waals surface area contributed by atoms with Crippen molar-refractivity contribution in [1.29, 1.82) is 0 Å². The quantitative estimate of drug-likeness (QED) is 0.639. The molecule has 1 aliphatic carbocycles. The first kappa shape index (κ1) is 11.6. The van der Waals surface area contributed by atoms with E-state index in [4.69, 9.17) is 0 Å². The molecule has 0 radical (unpaired) electrons. The number of fused-ring (bicyclic) bond motifs is 3. The molecule has 0 aromatic heterocycles. The minimum atomic E-state index is -0.438. The Bertz CT molecular complexity index is 629. The monoisotopic (exact) mass is 246 g/mol. The summed E-state index contributed by atoms with van der Waals surface area (Å²) in [7, 11) is 0. The Kier molecular flexibility index (Phi) is 2.61. The van der Waals surface area contributed by atoms with Gasteiger partial charge in [0.2, 0.25) is 0 Å². The zero-order valence-electron chi connectivity index (χ0n) is 10.7. The second-order valence-corrected chi connectivity index (χ2v) is 5.44. The topological polar surface area (TPSA) is 0 Å². The molecule has 0 saturated heterocycles. The smallest absolute Gasteiger partial charge is 0.136 e. The van der Waals surface area contributed by atoms with Crippen LogP contribution in [0.15, 0.2) is 18.2 Å². The van der Waals surface area contributed by atoms with Gasteiger partial charge in [-0.3, -0.25) is 0 Å². The van der Waals surface area contributed by atoms with Gasteiger partial charge in [0.15, 0.2) is 0 Å². The summed E-state index contributed by atoms with van der Waals surface area (Å²) in [5, 5.41) is 1.32. The molecule has 0 aliphatic heterocycles. The van der Waals surface area contributed by atoms with Crippen LogP contribution in [0.1, 0.15) is 30.0 Å². The van der Waals surface area contributed by atoms with Crippen LogP contribution in [-0.2, 0) is 12.8 Å². The molecule has 3 rings (SSSR count). The SMILES string of the molecule is Cc1c(F)cc2c3c(ccc2c1F)CC(C)CC3. The van der Waals surface area contributed by atoms with Gasteiger partial charge in [0.05, 0.1) is 0 Å². The summed E-state index contributed by atoms with van der Waals surface area (Å²) < 4.78 is 27.8. The zero-order chi connectivity index (χ0) is 12.9. The van der Waals surface area contributed by atoms with Crippen LogP contribution >= 0.6 is 0 Å². The molecular formula is C16H16F2. The molecule has 0 spiro atoms. The van der Waals surface area contributed by atoms with E-state index in [0.29, 0.717) is 11.3 Å². The molecule has 1 unspecified atom stereocenters. The van der Waals surface area contributed by atoms with Crippen molar-refractivity contribution in [3.63, 3.8) is 0 Å². The van der Waals surface area contributed by atoms with E-state index >= 15 is 0 Å². The Balaban J connectivity index is 2.33. The highest BCUT2D eigenvalue weighted by atomic mass is 19.1. The van der Waals surface area contributed by atoms with Crippen molar-refractivity contribution in [3.05, 3.63) is 46.5 Å². The summed E-state index contributed by atoms with van der Waals surface area (Å²) in [5.74, 6) is -0.187. The number of hydrogen-bond acceptors (Lipinski definition) is 0. The summed E-state index contributed by atoms with van der Waals surface area (Å²) in [6.07, 6.45) is 3.04. The molecule has 2 aromatic carbocycles. The predicted molar refractivity (Wildman–Crippen MR) is 69.8 cm³/mol. The van der Waals surface area contributed by atoms with Crippen LogP contribution in [0.2, 0.25) is 0 Å². The second-order valence-electron chi connectivity index (χ2n) is 5.44. The van der Waals surface area contributed by atoms with E-state index in [1.807, 2.05) is 6.07 Å². The molecule has 1 aliphatic rings. The molecule has 1 atom stereocenters. The molecule has 0 heterocycles. The molecule has 0 saturated carbocycles. The standard InChI is InChI=1S/C16H16F2/c1-9-3-5-12-11(7-9)4-6-13-14(12)8-15(17)10(2)16(13)18/h4,6,8-9H,3,5,7H2,1-2H3. The predicted octanol–water partition coefficient (Wildman–Crippen LogP) is 4.55. The van der Waals surface area contributed by atoms with Crippen LogP contribution in [0.3, 0.4) is 0 Å². The third kappa shape index (κ3) is 1.63. The summed E-state index contributed by atoms with van der Waals surface area (Å²) in [5.41, 5.74) is 2.51. The molecule has 2 aromatic rings. The van der Waals surface area contributed by atoms with Crippen molar-refractivity contribution in [1.82, 2.24) is 0 Å². The normalized spacial score (nSPS) is 19.0. The Hall–Kier alpha value is -1.44. The first-order valence-electron chi connectivity index (χ1n) is 6.47. The highest BCUT2D eigenvalue weighted by molar-refractivity contribution is 5.88. The van der Waals surface area contributed by atoms with Crippen molar-refractivity contribution >= 4 is 10.8 Å². The van der Waals surface area contributed by atoms with E-state index in [2.05, 4.69) is 6.92 Å². The van der Waals surface area contributed by atoms with E-state index in [1.165, 1.54) is 18.6 Å². The average Bonchev–Trinajstić information content (AvgIpc) is 2.35. The van der Waals surface area contributed by atoms with Gasteiger partial charge in [-0.2, -0.15) is 0 Å². The van der Waals surface area contributed by atoms with Gasteiger partial charge in [-0.25, -0.2) is 8.78 Å². The van der Waals surface area contributed by atoms with E-state index in [9.17, 15) is 8.78 Å². The maximum Gasteiger partial charge on any atom is 0.136 e. The van der Waals surface area contributed by atoms with Crippen molar-refractivity contribution in [2.75, 3.05) is 0 Å². The number of aryl methyl sites for hydroxylation is 1. The fourth-order valence-corrected chi connectivity index (χ4v) is 2.96. The van der Waals surface area contributed by atoms with Gasteiger partial charge in [0.1, 0.15) is 11.6 Å². The Morgan fingerprint density at radius 2 is 1.94 bits per heavy atom. The lowest BCUT2D eigenvalue weighted by molar-refractivity contribution is 0.503. The minimum Gasteiger partial charge on any atom is -0.207 e. The van der Waals surface area contributed by atoms with Gasteiger partial charge in [0, 0.05) is 10.9 Å². The minimum absolute atomic E-state index is 0.117. The van der Waals surface area contributed by atoms with Gasteiger partial charge in [0.25, 0.3) is 0 Å². The molecular weight excluding hydrogens is 230 g/mol. The summed E-state index contributed by atoms with van der Waals surface area (Å²) in [4.78, 5) is 0.